The number of alkyl halides is 3. The lowest BCUT2D eigenvalue weighted by Crippen LogP contribution is -2.16. The highest BCUT2D eigenvalue weighted by atomic mass is 19.4. The van der Waals surface area contributed by atoms with Crippen LogP contribution in [0.15, 0.2) is 42.6 Å². The van der Waals surface area contributed by atoms with Crippen LogP contribution in [0.2, 0.25) is 0 Å². The van der Waals surface area contributed by atoms with Crippen LogP contribution in [-0.4, -0.2) is 16.1 Å². The van der Waals surface area contributed by atoms with E-state index >= 15 is 0 Å². The molecule has 0 saturated carbocycles. The zero-order chi connectivity index (χ0) is 14.0. The lowest BCUT2D eigenvalue weighted by Gasteiger charge is -2.14. The van der Waals surface area contributed by atoms with Crippen LogP contribution in [0.4, 0.5) is 13.2 Å². The van der Waals surface area contributed by atoms with Crippen LogP contribution in [0.3, 0.4) is 0 Å². The van der Waals surface area contributed by atoms with Gasteiger partial charge < -0.3 is 5.11 Å². The van der Waals surface area contributed by atoms with E-state index < -0.39 is 23.4 Å². The molecule has 0 unspecified atom stereocenters. The average Bonchev–Trinajstić information content (AvgIpc) is 2.38. The summed E-state index contributed by atoms with van der Waals surface area (Å²) in [5.41, 5.74) is -2.12. The Balaban J connectivity index is 2.75. The molecule has 2 aromatic rings. The monoisotopic (exact) mass is 267 g/mol. The van der Waals surface area contributed by atoms with Crippen LogP contribution < -0.4 is 0 Å². The van der Waals surface area contributed by atoms with Crippen LogP contribution in [-0.2, 0) is 6.18 Å². The van der Waals surface area contributed by atoms with Gasteiger partial charge in [-0.2, -0.15) is 13.2 Å². The molecule has 0 aliphatic heterocycles. The average molecular weight is 267 g/mol. The molecule has 0 amide bonds. The number of aromatic carboxylic acids is 1. The number of nitrogens with zero attached hydrogens (tertiary/aromatic N) is 1. The maximum absolute atomic E-state index is 13.1. The molecule has 0 radical (unpaired) electrons. The van der Waals surface area contributed by atoms with Crippen molar-refractivity contribution in [2.75, 3.05) is 0 Å². The molecule has 98 valence electrons. The first-order valence-corrected chi connectivity index (χ1v) is 5.26. The quantitative estimate of drug-likeness (QED) is 0.906. The Hall–Kier alpha value is -2.37. The van der Waals surface area contributed by atoms with Gasteiger partial charge in [-0.25, -0.2) is 9.78 Å². The van der Waals surface area contributed by atoms with E-state index in [-0.39, 0.29) is 5.56 Å². The van der Waals surface area contributed by atoms with Crippen molar-refractivity contribution < 1.29 is 23.1 Å². The first kappa shape index (κ1) is 13.1. The van der Waals surface area contributed by atoms with E-state index in [1.807, 2.05) is 0 Å². The number of pyridine rings is 1. The third-order valence-electron chi connectivity index (χ3n) is 2.52. The van der Waals surface area contributed by atoms with Gasteiger partial charge in [-0.05, 0) is 17.2 Å². The Kier molecular flexibility index (Phi) is 3.25. The summed E-state index contributed by atoms with van der Waals surface area (Å²) in [6, 6.07) is 8.94. The number of halogens is 3. The van der Waals surface area contributed by atoms with E-state index in [9.17, 15) is 18.0 Å². The van der Waals surface area contributed by atoms with E-state index in [0.29, 0.717) is 5.56 Å². The number of aromatic nitrogens is 1. The predicted octanol–water partition coefficient (Wildman–Crippen LogP) is 3.47. The summed E-state index contributed by atoms with van der Waals surface area (Å²) in [6.45, 7) is 0. The SMILES string of the molecule is O=C(O)c1nccc(-c2ccccc2)c1C(F)(F)F. The maximum atomic E-state index is 13.1. The van der Waals surface area contributed by atoms with Gasteiger partial charge in [-0.3, -0.25) is 0 Å². The number of benzene rings is 1. The molecule has 0 spiro atoms. The lowest BCUT2D eigenvalue weighted by molar-refractivity contribution is -0.137. The summed E-state index contributed by atoms with van der Waals surface area (Å²) < 4.78 is 39.2. The van der Waals surface area contributed by atoms with Crippen molar-refractivity contribution in [3.63, 3.8) is 0 Å². The summed E-state index contributed by atoms with van der Waals surface area (Å²) in [5, 5.41) is 8.84. The Morgan fingerprint density at radius 1 is 1.11 bits per heavy atom. The molecule has 1 heterocycles. The van der Waals surface area contributed by atoms with Crippen molar-refractivity contribution in [2.24, 2.45) is 0 Å². The van der Waals surface area contributed by atoms with Gasteiger partial charge in [0.2, 0.25) is 0 Å². The van der Waals surface area contributed by atoms with Crippen molar-refractivity contribution in [1.82, 2.24) is 4.98 Å². The minimum Gasteiger partial charge on any atom is -0.476 e. The van der Waals surface area contributed by atoms with E-state index in [4.69, 9.17) is 5.11 Å². The first-order chi connectivity index (χ1) is 8.91. The van der Waals surface area contributed by atoms with Crippen molar-refractivity contribution in [3.8, 4) is 11.1 Å². The summed E-state index contributed by atoms with van der Waals surface area (Å²) in [7, 11) is 0. The molecule has 2 rings (SSSR count). The van der Waals surface area contributed by atoms with Gasteiger partial charge >= 0.3 is 12.1 Å². The second-order valence-corrected chi connectivity index (χ2v) is 3.75. The van der Waals surface area contributed by atoms with Gasteiger partial charge in [-0.1, -0.05) is 30.3 Å². The molecule has 6 heteroatoms. The summed E-state index contributed by atoms with van der Waals surface area (Å²) in [5.74, 6) is -1.70. The van der Waals surface area contributed by atoms with Crippen molar-refractivity contribution in [3.05, 3.63) is 53.9 Å². The molecule has 0 saturated heterocycles. The highest BCUT2D eigenvalue weighted by Crippen LogP contribution is 2.38. The van der Waals surface area contributed by atoms with Crippen LogP contribution in [0.25, 0.3) is 11.1 Å². The molecule has 0 bridgehead atoms. The lowest BCUT2D eigenvalue weighted by atomic mass is 9.98. The van der Waals surface area contributed by atoms with E-state index in [1.54, 1.807) is 18.2 Å². The highest BCUT2D eigenvalue weighted by molar-refractivity contribution is 5.90. The van der Waals surface area contributed by atoms with Gasteiger partial charge in [0.1, 0.15) is 0 Å². The normalized spacial score (nSPS) is 11.3. The van der Waals surface area contributed by atoms with Crippen LogP contribution in [0, 0.1) is 0 Å². The number of rotatable bonds is 2. The van der Waals surface area contributed by atoms with Crippen molar-refractivity contribution in [1.29, 1.82) is 0 Å². The van der Waals surface area contributed by atoms with Gasteiger partial charge in [0, 0.05) is 6.20 Å². The number of carbonyl (C=O) groups is 1. The van der Waals surface area contributed by atoms with Gasteiger partial charge in [-0.15, -0.1) is 0 Å². The molecule has 19 heavy (non-hydrogen) atoms. The van der Waals surface area contributed by atoms with Crippen LogP contribution in [0.1, 0.15) is 16.1 Å². The number of carboxylic acids is 1. The Morgan fingerprint density at radius 2 is 1.74 bits per heavy atom. The number of hydrogen-bond acceptors (Lipinski definition) is 2. The molecule has 1 N–H and O–H groups in total. The summed E-state index contributed by atoms with van der Waals surface area (Å²) in [4.78, 5) is 14.2. The molecule has 0 aliphatic carbocycles. The Bertz CT molecular complexity index is 609. The smallest absolute Gasteiger partial charge is 0.419 e. The third kappa shape index (κ3) is 2.57. The minimum absolute atomic E-state index is 0.194. The summed E-state index contributed by atoms with van der Waals surface area (Å²) in [6.07, 6.45) is -3.73. The van der Waals surface area contributed by atoms with Gasteiger partial charge in [0.15, 0.2) is 5.69 Å². The van der Waals surface area contributed by atoms with Crippen molar-refractivity contribution >= 4 is 5.97 Å². The fourth-order valence-electron chi connectivity index (χ4n) is 1.77. The topological polar surface area (TPSA) is 50.2 Å². The fraction of sp³-hybridized carbons (Fsp3) is 0.0769. The van der Waals surface area contributed by atoms with E-state index in [0.717, 1.165) is 12.3 Å². The van der Waals surface area contributed by atoms with Crippen LogP contribution >= 0.6 is 0 Å². The first-order valence-electron chi connectivity index (χ1n) is 5.26. The molecule has 0 atom stereocenters. The highest BCUT2D eigenvalue weighted by Gasteiger charge is 2.39. The number of hydrogen-bond donors (Lipinski definition) is 1. The van der Waals surface area contributed by atoms with E-state index in [1.165, 1.54) is 12.1 Å². The third-order valence-corrected chi connectivity index (χ3v) is 2.52. The van der Waals surface area contributed by atoms with Crippen LogP contribution in [0.5, 0.6) is 0 Å². The molecule has 1 aromatic heterocycles. The van der Waals surface area contributed by atoms with E-state index in [2.05, 4.69) is 4.98 Å². The second-order valence-electron chi connectivity index (χ2n) is 3.75. The molecule has 0 fully saturated rings. The zero-order valence-corrected chi connectivity index (χ0v) is 9.48. The molecule has 3 nitrogen and oxygen atoms in total. The fourth-order valence-corrected chi connectivity index (χ4v) is 1.77. The minimum atomic E-state index is -4.78. The Labute approximate surface area is 106 Å². The summed E-state index contributed by atoms with van der Waals surface area (Å²) >= 11 is 0. The molecule has 0 aliphatic rings. The zero-order valence-electron chi connectivity index (χ0n) is 9.48. The molecular weight excluding hydrogens is 259 g/mol. The molecular formula is C13H8F3NO2. The predicted molar refractivity (Wildman–Crippen MR) is 61.6 cm³/mol. The number of carboxylic acid groups (broad SMARTS) is 1. The largest absolute Gasteiger partial charge is 0.476 e. The van der Waals surface area contributed by atoms with Gasteiger partial charge in [0.25, 0.3) is 0 Å². The Morgan fingerprint density at radius 3 is 2.26 bits per heavy atom. The van der Waals surface area contributed by atoms with Gasteiger partial charge in [0.05, 0.1) is 5.56 Å². The standard InChI is InChI=1S/C13H8F3NO2/c14-13(15,16)10-9(8-4-2-1-3-5-8)6-7-17-11(10)12(18)19/h1-7H,(H,18,19). The molecule has 1 aromatic carbocycles. The maximum Gasteiger partial charge on any atom is 0.419 e. The second kappa shape index (κ2) is 4.72. The van der Waals surface area contributed by atoms with Crippen molar-refractivity contribution in [2.45, 2.75) is 6.18 Å².